The lowest BCUT2D eigenvalue weighted by Gasteiger charge is -2.34. The van der Waals surface area contributed by atoms with E-state index in [-0.39, 0.29) is 28.2 Å². The third-order valence-electron chi connectivity index (χ3n) is 3.78. The molecule has 110 valence electrons. The summed E-state index contributed by atoms with van der Waals surface area (Å²) in [4.78, 5) is -0.0116. The van der Waals surface area contributed by atoms with Gasteiger partial charge in [-0.3, -0.25) is 0 Å². The summed E-state index contributed by atoms with van der Waals surface area (Å²) >= 11 is 0. The molecule has 0 aliphatic carbocycles. The van der Waals surface area contributed by atoms with Crippen molar-refractivity contribution in [2.75, 3.05) is 5.75 Å². The Bertz CT molecular complexity index is 817. The SMILES string of the molecule is O=S1(=O)CCC(O)(c2ccc(F)cc2F)c2ccccc21. The predicted octanol–water partition coefficient (Wildman–Crippen LogP) is 2.38. The summed E-state index contributed by atoms with van der Waals surface area (Å²) in [7, 11) is -3.50. The van der Waals surface area contributed by atoms with E-state index in [1.54, 1.807) is 12.1 Å². The number of sulfone groups is 1. The van der Waals surface area contributed by atoms with Gasteiger partial charge in [0.25, 0.3) is 0 Å². The van der Waals surface area contributed by atoms with Crippen molar-refractivity contribution >= 4 is 9.84 Å². The van der Waals surface area contributed by atoms with Crippen molar-refractivity contribution < 1.29 is 22.3 Å². The van der Waals surface area contributed by atoms with Crippen LogP contribution in [0.5, 0.6) is 0 Å². The van der Waals surface area contributed by atoms with Gasteiger partial charge in [0.15, 0.2) is 9.84 Å². The van der Waals surface area contributed by atoms with Gasteiger partial charge in [0.2, 0.25) is 0 Å². The van der Waals surface area contributed by atoms with Gasteiger partial charge in [-0.05, 0) is 24.6 Å². The van der Waals surface area contributed by atoms with Crippen LogP contribution in [-0.2, 0) is 15.4 Å². The minimum absolute atomic E-state index is 0.0116. The predicted molar refractivity (Wildman–Crippen MR) is 72.5 cm³/mol. The molecule has 3 nitrogen and oxygen atoms in total. The molecular formula is C15H12F2O3S. The Balaban J connectivity index is 2.27. The van der Waals surface area contributed by atoms with Crippen molar-refractivity contribution in [1.82, 2.24) is 0 Å². The second-order valence-corrected chi connectivity index (χ2v) is 7.13. The molecule has 1 N–H and O–H groups in total. The van der Waals surface area contributed by atoms with E-state index in [4.69, 9.17) is 0 Å². The lowest BCUT2D eigenvalue weighted by molar-refractivity contribution is 0.0677. The van der Waals surface area contributed by atoms with E-state index in [0.29, 0.717) is 6.07 Å². The van der Waals surface area contributed by atoms with Gasteiger partial charge in [-0.15, -0.1) is 0 Å². The molecular weight excluding hydrogens is 298 g/mol. The van der Waals surface area contributed by atoms with Gasteiger partial charge in [-0.25, -0.2) is 17.2 Å². The molecule has 0 radical (unpaired) electrons. The molecule has 0 aromatic heterocycles. The van der Waals surface area contributed by atoms with Crippen LogP contribution in [0.25, 0.3) is 0 Å². The second-order valence-electron chi connectivity index (χ2n) is 5.05. The highest BCUT2D eigenvalue weighted by Crippen LogP contribution is 2.42. The van der Waals surface area contributed by atoms with Crippen molar-refractivity contribution in [3.63, 3.8) is 0 Å². The number of hydrogen-bond donors (Lipinski definition) is 1. The molecule has 2 aromatic carbocycles. The fourth-order valence-corrected chi connectivity index (χ4v) is 4.35. The maximum absolute atomic E-state index is 14.0. The van der Waals surface area contributed by atoms with Crippen LogP contribution in [0.1, 0.15) is 17.5 Å². The van der Waals surface area contributed by atoms with Crippen LogP contribution < -0.4 is 0 Å². The molecule has 0 saturated heterocycles. The average molecular weight is 310 g/mol. The standard InChI is InChI=1S/C15H12F2O3S/c16-10-5-6-11(13(17)9-10)15(18)7-8-21(19,20)14-4-2-1-3-12(14)15/h1-6,9,18H,7-8H2. The topological polar surface area (TPSA) is 54.4 Å². The summed E-state index contributed by atoms with van der Waals surface area (Å²) < 4.78 is 51.2. The first kappa shape index (κ1) is 14.2. The first-order chi connectivity index (χ1) is 9.84. The Morgan fingerprint density at radius 3 is 2.48 bits per heavy atom. The van der Waals surface area contributed by atoms with Crippen molar-refractivity contribution in [3.05, 3.63) is 65.2 Å². The zero-order valence-electron chi connectivity index (χ0n) is 10.9. The Morgan fingerprint density at radius 1 is 1.05 bits per heavy atom. The zero-order valence-corrected chi connectivity index (χ0v) is 11.7. The minimum Gasteiger partial charge on any atom is -0.380 e. The largest absolute Gasteiger partial charge is 0.380 e. The second kappa shape index (κ2) is 4.61. The normalized spacial score (nSPS) is 23.6. The quantitative estimate of drug-likeness (QED) is 0.880. The van der Waals surface area contributed by atoms with E-state index in [0.717, 1.165) is 12.1 Å². The van der Waals surface area contributed by atoms with E-state index >= 15 is 0 Å². The van der Waals surface area contributed by atoms with Crippen LogP contribution in [0, 0.1) is 11.6 Å². The summed E-state index contributed by atoms with van der Waals surface area (Å²) in [6.07, 6.45) is -0.172. The van der Waals surface area contributed by atoms with Crippen molar-refractivity contribution in [2.45, 2.75) is 16.9 Å². The van der Waals surface area contributed by atoms with E-state index in [1.165, 1.54) is 12.1 Å². The first-order valence-electron chi connectivity index (χ1n) is 6.35. The number of rotatable bonds is 1. The molecule has 1 unspecified atom stereocenters. The van der Waals surface area contributed by atoms with Crippen LogP contribution in [-0.4, -0.2) is 19.3 Å². The molecule has 2 aromatic rings. The Morgan fingerprint density at radius 2 is 1.76 bits per heavy atom. The fourth-order valence-electron chi connectivity index (χ4n) is 2.71. The van der Waals surface area contributed by atoms with Gasteiger partial charge >= 0.3 is 0 Å². The Hall–Kier alpha value is -1.79. The highest BCUT2D eigenvalue weighted by molar-refractivity contribution is 7.91. The lowest BCUT2D eigenvalue weighted by Crippen LogP contribution is -2.37. The summed E-state index contributed by atoms with van der Waals surface area (Å²) in [6.45, 7) is 0. The van der Waals surface area contributed by atoms with Gasteiger partial charge in [-0.1, -0.05) is 18.2 Å². The highest BCUT2D eigenvalue weighted by atomic mass is 32.2. The fraction of sp³-hybridized carbons (Fsp3) is 0.200. The Labute approximate surface area is 120 Å². The van der Waals surface area contributed by atoms with E-state index < -0.39 is 27.1 Å². The van der Waals surface area contributed by atoms with Gasteiger partial charge in [-0.2, -0.15) is 0 Å². The molecule has 3 rings (SSSR count). The summed E-state index contributed by atoms with van der Waals surface area (Å²) in [5.74, 6) is -1.94. The molecule has 1 atom stereocenters. The third-order valence-corrected chi connectivity index (χ3v) is 5.54. The van der Waals surface area contributed by atoms with E-state index in [2.05, 4.69) is 0 Å². The zero-order chi connectivity index (χ0) is 15.3. The van der Waals surface area contributed by atoms with Crippen LogP contribution >= 0.6 is 0 Å². The summed E-state index contributed by atoms with van der Waals surface area (Å²) in [5, 5.41) is 10.9. The van der Waals surface area contributed by atoms with Gasteiger partial charge in [0.05, 0.1) is 10.6 Å². The van der Waals surface area contributed by atoms with Crippen LogP contribution in [0.4, 0.5) is 8.78 Å². The molecule has 0 bridgehead atoms. The van der Waals surface area contributed by atoms with Crippen LogP contribution in [0.15, 0.2) is 47.4 Å². The Kier molecular flexibility index (Phi) is 3.11. The molecule has 6 heteroatoms. The maximum atomic E-state index is 14.0. The van der Waals surface area contributed by atoms with E-state index in [9.17, 15) is 22.3 Å². The lowest BCUT2D eigenvalue weighted by atomic mass is 9.83. The van der Waals surface area contributed by atoms with Gasteiger partial charge < -0.3 is 5.11 Å². The average Bonchev–Trinajstić information content (AvgIpc) is 2.44. The van der Waals surface area contributed by atoms with Crippen molar-refractivity contribution in [3.8, 4) is 0 Å². The number of halogens is 2. The third kappa shape index (κ3) is 2.15. The first-order valence-corrected chi connectivity index (χ1v) is 8.00. The monoisotopic (exact) mass is 310 g/mol. The number of benzene rings is 2. The molecule has 1 aliphatic rings. The van der Waals surface area contributed by atoms with Crippen LogP contribution in [0.2, 0.25) is 0 Å². The maximum Gasteiger partial charge on any atom is 0.178 e. The van der Waals surface area contributed by atoms with Crippen molar-refractivity contribution in [2.24, 2.45) is 0 Å². The number of hydrogen-bond acceptors (Lipinski definition) is 3. The number of aliphatic hydroxyl groups is 1. The van der Waals surface area contributed by atoms with E-state index in [1.807, 2.05) is 0 Å². The molecule has 21 heavy (non-hydrogen) atoms. The molecule has 1 aliphatic heterocycles. The summed E-state index contributed by atoms with van der Waals surface area (Å²) in [5.41, 5.74) is -1.77. The minimum atomic E-state index is -3.50. The number of fused-ring (bicyclic) bond motifs is 1. The molecule has 0 fully saturated rings. The smallest absolute Gasteiger partial charge is 0.178 e. The summed E-state index contributed by atoms with van der Waals surface area (Å²) in [6, 6.07) is 8.83. The molecule has 0 spiro atoms. The highest BCUT2D eigenvalue weighted by Gasteiger charge is 2.43. The molecule has 0 saturated carbocycles. The van der Waals surface area contributed by atoms with Gasteiger partial charge in [0, 0.05) is 17.2 Å². The van der Waals surface area contributed by atoms with Crippen LogP contribution in [0.3, 0.4) is 0 Å². The molecule has 0 amide bonds. The van der Waals surface area contributed by atoms with Gasteiger partial charge in [0.1, 0.15) is 17.2 Å². The molecule has 1 heterocycles. The van der Waals surface area contributed by atoms with Crippen molar-refractivity contribution in [1.29, 1.82) is 0 Å².